The van der Waals surface area contributed by atoms with Crippen molar-refractivity contribution in [3.05, 3.63) is 12.2 Å². The van der Waals surface area contributed by atoms with Crippen LogP contribution in [0.5, 0.6) is 0 Å². The molecule has 0 radical (unpaired) electrons. The van der Waals surface area contributed by atoms with Crippen molar-refractivity contribution >= 4 is 49.7 Å². The summed E-state index contributed by atoms with van der Waals surface area (Å²) in [6.45, 7) is -0.783. The zero-order valence-corrected chi connectivity index (χ0v) is 7.42. The third-order valence-corrected chi connectivity index (χ3v) is 1.19. The van der Waals surface area contributed by atoms with E-state index in [0.29, 0.717) is 0 Å². The van der Waals surface area contributed by atoms with E-state index in [1.165, 1.54) is 0 Å². The number of esters is 1. The first kappa shape index (κ1) is 17.3. The van der Waals surface area contributed by atoms with Gasteiger partial charge in [-0.15, -0.1) is 0 Å². The van der Waals surface area contributed by atoms with E-state index >= 15 is 0 Å². The summed E-state index contributed by atoms with van der Waals surface area (Å²) in [5, 5.41) is 25.3. The molecule has 0 aliphatic carbocycles. The van der Waals surface area contributed by atoms with E-state index in [0.717, 1.165) is 12.2 Å². The number of carboxylic acid groups (broad SMARTS) is 1. The molecule has 0 saturated carbocycles. The van der Waals surface area contributed by atoms with E-state index in [1.807, 2.05) is 0 Å². The maximum atomic E-state index is 10.8. The summed E-state index contributed by atoms with van der Waals surface area (Å²) >= 11 is 0. The summed E-state index contributed by atoms with van der Waals surface area (Å²) in [7, 11) is 0. The molecule has 0 spiro atoms. The van der Waals surface area contributed by atoms with Crippen molar-refractivity contribution in [3.8, 4) is 0 Å². The molecule has 0 aromatic rings. The predicted molar refractivity (Wildman–Crippen MR) is 54.0 cm³/mol. The molecule has 1 atom stereocenters. The van der Waals surface area contributed by atoms with Gasteiger partial charge in [0.1, 0.15) is 12.7 Å². The molecule has 6 nitrogen and oxygen atoms in total. The molecule has 0 saturated heterocycles. The van der Waals surface area contributed by atoms with Gasteiger partial charge < -0.3 is 20.1 Å². The number of hydrogen-bond donors (Lipinski definition) is 3. The second-order valence-electron chi connectivity index (χ2n) is 2.46. The first-order valence-electron chi connectivity index (χ1n) is 3.90. The molecule has 0 aromatic carbocycles. The van der Waals surface area contributed by atoms with Crippen molar-refractivity contribution in [1.29, 1.82) is 0 Å². The number of carbonyl (C=O) groups is 2. The molecule has 0 rings (SSSR count). The summed E-state index contributed by atoms with van der Waals surface area (Å²) in [5.41, 5.74) is 0. The molecule has 84 valence electrons. The molecule has 0 bridgehead atoms. The quantitative estimate of drug-likeness (QED) is 0.284. The van der Waals surface area contributed by atoms with Crippen molar-refractivity contribution in [3.63, 3.8) is 0 Å². The number of ether oxygens (including phenoxy) is 1. The Bertz CT molecular complexity index is 227. The van der Waals surface area contributed by atoms with Gasteiger partial charge in [-0.2, -0.15) is 0 Å². The minimum atomic E-state index is -1.15. The molecular weight excluding hydrogens is 232 g/mol. The Morgan fingerprint density at radius 1 is 1.40 bits per heavy atom. The van der Waals surface area contributed by atoms with E-state index in [2.05, 4.69) is 4.74 Å². The average molecular weight is 246 g/mol. The van der Waals surface area contributed by atoms with Gasteiger partial charge in [0.05, 0.1) is 13.0 Å². The summed E-state index contributed by atoms with van der Waals surface area (Å²) in [6, 6.07) is 0. The summed E-state index contributed by atoms with van der Waals surface area (Å²) in [6.07, 6.45) is 0.687. The standard InChI is InChI=1S/C8H12O6.Ca.2H/c9-4-6(10)5-14-8(13)3-1-2-7(11)12;;;/h1-2,6,9-10H,3-5H2,(H,11,12);;;/b2-1+;;;. The van der Waals surface area contributed by atoms with E-state index in [4.69, 9.17) is 15.3 Å². The molecule has 0 heterocycles. The van der Waals surface area contributed by atoms with Crippen LogP contribution in [-0.2, 0) is 14.3 Å². The Morgan fingerprint density at radius 3 is 2.47 bits per heavy atom. The van der Waals surface area contributed by atoms with Crippen molar-refractivity contribution in [2.24, 2.45) is 0 Å². The second kappa shape index (κ2) is 10.4. The minimum absolute atomic E-state index is 0. The second-order valence-corrected chi connectivity index (χ2v) is 2.46. The Morgan fingerprint density at radius 2 is 2.00 bits per heavy atom. The van der Waals surface area contributed by atoms with Gasteiger partial charge in [0.25, 0.3) is 0 Å². The molecule has 7 heteroatoms. The fraction of sp³-hybridized carbons (Fsp3) is 0.500. The monoisotopic (exact) mass is 246 g/mol. The van der Waals surface area contributed by atoms with Crippen LogP contribution in [0.1, 0.15) is 6.42 Å². The average Bonchev–Trinajstić information content (AvgIpc) is 2.13. The third kappa shape index (κ3) is 11.8. The number of rotatable bonds is 6. The number of aliphatic carboxylic acids is 1. The topological polar surface area (TPSA) is 104 Å². The number of hydrogen-bond acceptors (Lipinski definition) is 5. The Kier molecular flexibility index (Phi) is 11.9. The summed E-state index contributed by atoms with van der Waals surface area (Å²) in [4.78, 5) is 20.8. The molecule has 0 amide bonds. The van der Waals surface area contributed by atoms with Crippen LogP contribution in [0.4, 0.5) is 0 Å². The normalized spacial score (nSPS) is 11.9. The fourth-order valence-electron chi connectivity index (χ4n) is 0.557. The van der Waals surface area contributed by atoms with Crippen LogP contribution in [-0.4, -0.2) is 84.3 Å². The zero-order chi connectivity index (χ0) is 11.0. The molecule has 1 unspecified atom stereocenters. The van der Waals surface area contributed by atoms with E-state index in [-0.39, 0.29) is 50.8 Å². The van der Waals surface area contributed by atoms with Gasteiger partial charge in [0.15, 0.2) is 0 Å². The SMILES string of the molecule is O=C(O)/C=C/CC(=O)OCC(O)CO.[CaH2]. The van der Waals surface area contributed by atoms with Gasteiger partial charge in [0.2, 0.25) is 0 Å². The van der Waals surface area contributed by atoms with Gasteiger partial charge in [0, 0.05) is 6.08 Å². The summed E-state index contributed by atoms with van der Waals surface area (Å²) in [5.74, 6) is -1.80. The van der Waals surface area contributed by atoms with Crippen molar-refractivity contribution in [2.45, 2.75) is 12.5 Å². The molecule has 3 N–H and O–H groups in total. The number of aliphatic hydroxyl groups excluding tert-OH is 2. The van der Waals surface area contributed by atoms with Crippen LogP contribution >= 0.6 is 0 Å². The molecule has 15 heavy (non-hydrogen) atoms. The van der Waals surface area contributed by atoms with E-state index < -0.39 is 24.6 Å². The first-order valence-corrected chi connectivity index (χ1v) is 3.90. The molecule has 0 aliphatic heterocycles. The van der Waals surface area contributed by atoms with Crippen molar-refractivity contribution in [1.82, 2.24) is 0 Å². The molecule has 0 aliphatic rings. The van der Waals surface area contributed by atoms with E-state index in [9.17, 15) is 9.59 Å². The van der Waals surface area contributed by atoms with Crippen molar-refractivity contribution in [2.75, 3.05) is 13.2 Å². The predicted octanol–water partition coefficient (Wildman–Crippen LogP) is -2.00. The van der Waals surface area contributed by atoms with Crippen LogP contribution in [0, 0.1) is 0 Å². The number of carboxylic acids is 1. The van der Waals surface area contributed by atoms with Gasteiger partial charge in [-0.05, 0) is 0 Å². The fourth-order valence-corrected chi connectivity index (χ4v) is 0.557. The maximum absolute atomic E-state index is 10.8. The Labute approximate surface area is 117 Å². The van der Waals surface area contributed by atoms with Crippen LogP contribution < -0.4 is 0 Å². The summed E-state index contributed by atoms with van der Waals surface area (Å²) < 4.78 is 4.48. The number of carbonyl (C=O) groups excluding carboxylic acids is 1. The van der Waals surface area contributed by atoms with Crippen molar-refractivity contribution < 1.29 is 29.6 Å². The van der Waals surface area contributed by atoms with Crippen LogP contribution in [0.3, 0.4) is 0 Å². The Hall–Kier alpha value is -0.140. The van der Waals surface area contributed by atoms with Crippen LogP contribution in [0.2, 0.25) is 0 Å². The molecule has 0 fully saturated rings. The van der Waals surface area contributed by atoms with Crippen LogP contribution in [0.25, 0.3) is 0 Å². The van der Waals surface area contributed by atoms with Crippen LogP contribution in [0.15, 0.2) is 12.2 Å². The zero-order valence-electron chi connectivity index (χ0n) is 7.42. The first-order chi connectivity index (χ1) is 6.56. The Balaban J connectivity index is 0. The molecular formula is C8H14CaO6. The van der Waals surface area contributed by atoms with E-state index in [1.54, 1.807) is 0 Å². The van der Waals surface area contributed by atoms with Gasteiger partial charge in [-0.1, -0.05) is 6.08 Å². The number of aliphatic hydroxyl groups is 2. The van der Waals surface area contributed by atoms with Gasteiger partial charge in [-0.3, -0.25) is 4.79 Å². The molecule has 0 aromatic heterocycles. The van der Waals surface area contributed by atoms with Gasteiger partial charge >= 0.3 is 49.7 Å². The third-order valence-electron chi connectivity index (χ3n) is 1.19. The van der Waals surface area contributed by atoms with Gasteiger partial charge in [-0.25, -0.2) is 4.79 Å².